The van der Waals surface area contributed by atoms with E-state index in [0.29, 0.717) is 25.6 Å². The molecule has 1 atom stereocenters. The van der Waals surface area contributed by atoms with E-state index in [1.165, 1.54) is 18.2 Å². The van der Waals surface area contributed by atoms with Gasteiger partial charge in [-0.1, -0.05) is 13.0 Å². The smallest absolute Gasteiger partial charge is 0.261 e. The lowest BCUT2D eigenvalue weighted by Crippen LogP contribution is -2.50. The van der Waals surface area contributed by atoms with Gasteiger partial charge in [0.05, 0.1) is 0 Å². The summed E-state index contributed by atoms with van der Waals surface area (Å²) in [6, 6.07) is 4.33. The number of benzene rings is 1. The third kappa shape index (κ3) is 3.65. The molecule has 0 bridgehead atoms. The van der Waals surface area contributed by atoms with Crippen LogP contribution in [-0.2, 0) is 0 Å². The van der Waals surface area contributed by atoms with Gasteiger partial charge in [0.15, 0.2) is 0 Å². The number of aromatic hydroxyl groups is 2. The van der Waals surface area contributed by atoms with Crippen LogP contribution in [0.5, 0.6) is 11.5 Å². The third-order valence-corrected chi connectivity index (χ3v) is 3.87. The van der Waals surface area contributed by atoms with Crippen molar-refractivity contribution in [2.24, 2.45) is 11.7 Å². The predicted molar refractivity (Wildman–Crippen MR) is 80.3 cm³/mol. The molecule has 0 aliphatic carbocycles. The van der Waals surface area contributed by atoms with Crippen LogP contribution in [0.4, 0.5) is 0 Å². The molecule has 0 spiro atoms. The second kappa shape index (κ2) is 6.78. The van der Waals surface area contributed by atoms with Crippen LogP contribution >= 0.6 is 0 Å². The maximum atomic E-state index is 12.4. The van der Waals surface area contributed by atoms with E-state index >= 15 is 0 Å². The zero-order valence-corrected chi connectivity index (χ0v) is 12.3. The van der Waals surface area contributed by atoms with Crippen LogP contribution in [0.15, 0.2) is 18.2 Å². The summed E-state index contributed by atoms with van der Waals surface area (Å²) < 4.78 is 0. The molecule has 1 aliphatic rings. The van der Waals surface area contributed by atoms with Crippen molar-refractivity contribution >= 4 is 5.91 Å². The molecule has 1 fully saturated rings. The zero-order chi connectivity index (χ0) is 15.4. The number of carbonyl (C=O) groups is 1. The van der Waals surface area contributed by atoms with Gasteiger partial charge < -0.3 is 20.8 Å². The molecule has 116 valence electrons. The number of hydrogen-bond acceptors (Lipinski definition) is 5. The normalized spacial score (nSPS) is 17.7. The van der Waals surface area contributed by atoms with Gasteiger partial charge in [-0.2, -0.15) is 0 Å². The maximum Gasteiger partial charge on any atom is 0.261 e. The fraction of sp³-hybridized carbons (Fsp3) is 0.533. The highest BCUT2D eigenvalue weighted by molar-refractivity contribution is 5.99. The van der Waals surface area contributed by atoms with Crippen molar-refractivity contribution in [1.29, 1.82) is 0 Å². The number of nitrogens with two attached hydrogens (primary N) is 1. The Morgan fingerprint density at radius 3 is 2.33 bits per heavy atom. The monoisotopic (exact) mass is 293 g/mol. The number of phenols is 2. The van der Waals surface area contributed by atoms with Crippen molar-refractivity contribution < 1.29 is 15.0 Å². The average Bonchev–Trinajstić information content (AvgIpc) is 2.47. The summed E-state index contributed by atoms with van der Waals surface area (Å²) in [7, 11) is 0. The first kappa shape index (κ1) is 15.6. The highest BCUT2D eigenvalue weighted by Gasteiger charge is 2.26. The second-order valence-electron chi connectivity index (χ2n) is 5.60. The number of rotatable bonds is 4. The Morgan fingerprint density at radius 2 is 1.81 bits per heavy atom. The Hall–Kier alpha value is -1.79. The van der Waals surface area contributed by atoms with Gasteiger partial charge in [0.1, 0.15) is 17.1 Å². The molecule has 0 saturated carbocycles. The number of nitrogens with zero attached hydrogens (tertiary/aromatic N) is 2. The van der Waals surface area contributed by atoms with E-state index in [1.807, 2.05) is 0 Å². The standard InChI is InChI=1S/C15H23N3O3/c1-11(9-16)10-17-5-7-18(8-6-17)15(21)14-12(19)3-2-4-13(14)20/h2-4,11,19-20H,5-10,16H2,1H3. The van der Waals surface area contributed by atoms with Gasteiger partial charge in [-0.25, -0.2) is 0 Å². The summed E-state index contributed by atoms with van der Waals surface area (Å²) in [6.45, 7) is 6.44. The number of hydrogen-bond donors (Lipinski definition) is 3. The molecule has 0 aromatic heterocycles. The van der Waals surface area contributed by atoms with E-state index in [4.69, 9.17) is 5.73 Å². The first-order chi connectivity index (χ1) is 10.0. The van der Waals surface area contributed by atoms with Crippen LogP contribution in [-0.4, -0.2) is 65.2 Å². The molecule has 1 saturated heterocycles. The van der Waals surface area contributed by atoms with E-state index in [1.54, 1.807) is 4.90 Å². The van der Waals surface area contributed by atoms with E-state index in [0.717, 1.165) is 19.6 Å². The summed E-state index contributed by atoms with van der Waals surface area (Å²) in [4.78, 5) is 16.3. The average molecular weight is 293 g/mol. The van der Waals surface area contributed by atoms with Gasteiger partial charge in [0.25, 0.3) is 5.91 Å². The van der Waals surface area contributed by atoms with E-state index < -0.39 is 0 Å². The van der Waals surface area contributed by atoms with Crippen molar-refractivity contribution in [2.45, 2.75) is 6.92 Å². The second-order valence-corrected chi connectivity index (χ2v) is 5.60. The minimum absolute atomic E-state index is 0.0127. The predicted octanol–water partition coefficient (Wildman–Crippen LogP) is 0.450. The Morgan fingerprint density at radius 1 is 1.24 bits per heavy atom. The molecule has 1 unspecified atom stereocenters. The Labute approximate surface area is 124 Å². The Balaban J connectivity index is 1.97. The lowest BCUT2D eigenvalue weighted by Gasteiger charge is -2.36. The molecule has 21 heavy (non-hydrogen) atoms. The zero-order valence-electron chi connectivity index (χ0n) is 12.3. The summed E-state index contributed by atoms with van der Waals surface area (Å²) in [5, 5.41) is 19.5. The van der Waals surface area contributed by atoms with Gasteiger partial charge in [0.2, 0.25) is 0 Å². The molecule has 4 N–H and O–H groups in total. The fourth-order valence-electron chi connectivity index (χ4n) is 2.55. The summed E-state index contributed by atoms with van der Waals surface area (Å²) in [6.07, 6.45) is 0. The van der Waals surface area contributed by atoms with Crippen molar-refractivity contribution in [3.05, 3.63) is 23.8 Å². The Bertz CT molecular complexity index is 479. The van der Waals surface area contributed by atoms with Crippen molar-refractivity contribution in [1.82, 2.24) is 9.80 Å². The van der Waals surface area contributed by atoms with Gasteiger partial charge >= 0.3 is 0 Å². The topological polar surface area (TPSA) is 90.0 Å². The van der Waals surface area contributed by atoms with Crippen LogP contribution < -0.4 is 5.73 Å². The number of phenolic OH excluding ortho intramolecular Hbond substituents is 2. The van der Waals surface area contributed by atoms with Crippen molar-refractivity contribution in [3.8, 4) is 11.5 Å². The highest BCUT2D eigenvalue weighted by atomic mass is 16.3. The van der Waals surface area contributed by atoms with Crippen molar-refractivity contribution in [2.75, 3.05) is 39.3 Å². The van der Waals surface area contributed by atoms with Crippen molar-refractivity contribution in [3.63, 3.8) is 0 Å². The van der Waals surface area contributed by atoms with Crippen LogP contribution in [0.3, 0.4) is 0 Å². The fourth-order valence-corrected chi connectivity index (χ4v) is 2.55. The first-order valence-electron chi connectivity index (χ1n) is 7.25. The molecular formula is C15H23N3O3. The molecule has 6 heteroatoms. The molecular weight excluding hydrogens is 270 g/mol. The van der Waals surface area contributed by atoms with Gasteiger partial charge in [-0.05, 0) is 24.6 Å². The quantitative estimate of drug-likeness (QED) is 0.750. The minimum Gasteiger partial charge on any atom is -0.507 e. The molecule has 1 aromatic rings. The highest BCUT2D eigenvalue weighted by Crippen LogP contribution is 2.28. The van der Waals surface area contributed by atoms with Gasteiger partial charge in [-0.3, -0.25) is 9.69 Å². The van der Waals surface area contributed by atoms with Gasteiger partial charge in [0, 0.05) is 32.7 Å². The Kier molecular flexibility index (Phi) is 5.03. The largest absolute Gasteiger partial charge is 0.507 e. The number of carbonyl (C=O) groups excluding carboxylic acids is 1. The lowest BCUT2D eigenvalue weighted by molar-refractivity contribution is 0.0616. The molecule has 1 aliphatic heterocycles. The molecule has 1 heterocycles. The first-order valence-corrected chi connectivity index (χ1v) is 7.25. The minimum atomic E-state index is -0.322. The van der Waals surface area contributed by atoms with E-state index in [-0.39, 0.29) is 23.0 Å². The van der Waals surface area contributed by atoms with Crippen LogP contribution in [0, 0.1) is 5.92 Å². The molecule has 1 aromatic carbocycles. The molecule has 6 nitrogen and oxygen atoms in total. The summed E-state index contributed by atoms with van der Waals surface area (Å²) >= 11 is 0. The van der Waals surface area contributed by atoms with Gasteiger partial charge in [-0.15, -0.1) is 0 Å². The van der Waals surface area contributed by atoms with Crippen LogP contribution in [0.2, 0.25) is 0 Å². The molecule has 0 radical (unpaired) electrons. The van der Waals surface area contributed by atoms with E-state index in [2.05, 4.69) is 11.8 Å². The van der Waals surface area contributed by atoms with Crippen LogP contribution in [0.1, 0.15) is 17.3 Å². The lowest BCUT2D eigenvalue weighted by atomic mass is 10.1. The summed E-state index contributed by atoms with van der Waals surface area (Å²) in [5.41, 5.74) is 5.61. The maximum absolute atomic E-state index is 12.4. The number of amides is 1. The summed E-state index contributed by atoms with van der Waals surface area (Å²) in [5.74, 6) is -0.245. The SMILES string of the molecule is CC(CN)CN1CCN(C(=O)c2c(O)cccc2O)CC1. The van der Waals surface area contributed by atoms with Crippen LogP contribution in [0.25, 0.3) is 0 Å². The number of piperazine rings is 1. The molecule has 1 amide bonds. The third-order valence-electron chi connectivity index (χ3n) is 3.87. The molecule has 2 rings (SSSR count). The van der Waals surface area contributed by atoms with E-state index in [9.17, 15) is 15.0 Å².